The van der Waals surface area contributed by atoms with Gasteiger partial charge in [0.1, 0.15) is 13.1 Å². The van der Waals surface area contributed by atoms with E-state index in [2.05, 4.69) is 0 Å². The van der Waals surface area contributed by atoms with Gasteiger partial charge in [-0.25, -0.2) is 26.3 Å². The van der Waals surface area contributed by atoms with E-state index in [-0.39, 0.29) is 11.1 Å². The molecule has 0 bridgehead atoms. The van der Waals surface area contributed by atoms with Crippen LogP contribution in [0, 0.1) is 34.9 Å². The Morgan fingerprint density at radius 2 is 0.837 bits per heavy atom. The molecule has 1 aliphatic heterocycles. The van der Waals surface area contributed by atoms with Crippen molar-refractivity contribution >= 4 is 21.5 Å². The first-order valence-corrected chi connectivity index (χ1v) is 13.7. The number of rotatable bonds is 2. The van der Waals surface area contributed by atoms with E-state index >= 15 is 0 Å². The summed E-state index contributed by atoms with van der Waals surface area (Å²) in [6.07, 6.45) is 0. The maximum Gasteiger partial charge on any atom is 0.194 e. The number of hydrogen-bond acceptors (Lipinski definition) is 0. The Hall–Kier alpha value is -4.62. The lowest BCUT2D eigenvalue weighted by molar-refractivity contribution is -0.916. The SMILES string of the molecule is C[N+]1(C)Cc2c(-c3cc(F)c(F)c(F)c3)cc3ccccc3c2-c2c(c(-c3cc(F)c(F)c(F)c3)cc3ccccc23)C1. The second-order valence-electron chi connectivity index (χ2n) is 11.8. The number of benzene rings is 6. The van der Waals surface area contributed by atoms with Crippen LogP contribution in [0.2, 0.25) is 0 Å². The largest absolute Gasteiger partial charge is 0.321 e. The van der Waals surface area contributed by atoms with Crippen LogP contribution in [0.1, 0.15) is 11.1 Å². The maximum atomic E-state index is 14.6. The zero-order chi connectivity index (χ0) is 30.2. The normalized spacial score (nSPS) is 14.0. The van der Waals surface area contributed by atoms with Crippen LogP contribution >= 0.6 is 0 Å². The van der Waals surface area contributed by atoms with Crippen molar-refractivity contribution in [3.63, 3.8) is 0 Å². The summed E-state index contributed by atoms with van der Waals surface area (Å²) in [5.41, 5.74) is 4.74. The van der Waals surface area contributed by atoms with Gasteiger partial charge in [0.25, 0.3) is 0 Å². The average Bonchev–Trinajstić information content (AvgIpc) is 3.10. The highest BCUT2D eigenvalue weighted by molar-refractivity contribution is 6.11. The van der Waals surface area contributed by atoms with Gasteiger partial charge in [0.15, 0.2) is 34.9 Å². The fourth-order valence-electron chi connectivity index (χ4n) is 6.53. The minimum atomic E-state index is -1.54. The highest BCUT2D eigenvalue weighted by atomic mass is 19.2. The first-order valence-electron chi connectivity index (χ1n) is 13.7. The molecule has 7 rings (SSSR count). The molecule has 1 heterocycles. The molecule has 0 atom stereocenters. The molecule has 0 N–H and O–H groups in total. The molecule has 43 heavy (non-hydrogen) atoms. The van der Waals surface area contributed by atoms with Gasteiger partial charge in [-0.3, -0.25) is 0 Å². The van der Waals surface area contributed by atoms with Gasteiger partial charge < -0.3 is 4.48 Å². The van der Waals surface area contributed by atoms with E-state index in [1.54, 1.807) is 0 Å². The van der Waals surface area contributed by atoms with Crippen molar-refractivity contribution < 1.29 is 30.8 Å². The predicted molar refractivity (Wildman–Crippen MR) is 157 cm³/mol. The van der Waals surface area contributed by atoms with Crippen molar-refractivity contribution in [2.45, 2.75) is 13.1 Å². The monoisotopic (exact) mass is 584 g/mol. The molecule has 0 saturated carbocycles. The molecular formula is C36H24F6N+. The van der Waals surface area contributed by atoms with Crippen LogP contribution in [0.3, 0.4) is 0 Å². The Morgan fingerprint density at radius 1 is 0.488 bits per heavy atom. The molecule has 0 aromatic heterocycles. The van der Waals surface area contributed by atoms with E-state index in [1.165, 1.54) is 0 Å². The molecule has 0 fully saturated rings. The van der Waals surface area contributed by atoms with Gasteiger partial charge in [-0.2, -0.15) is 0 Å². The van der Waals surface area contributed by atoms with E-state index in [4.69, 9.17) is 0 Å². The Bertz CT molecular complexity index is 1940. The molecular weight excluding hydrogens is 560 g/mol. The van der Waals surface area contributed by atoms with Crippen molar-refractivity contribution in [2.24, 2.45) is 0 Å². The van der Waals surface area contributed by atoms with Gasteiger partial charge in [-0.05, 0) is 80.2 Å². The van der Waals surface area contributed by atoms with E-state index in [9.17, 15) is 26.3 Å². The smallest absolute Gasteiger partial charge is 0.194 e. The average molecular weight is 585 g/mol. The van der Waals surface area contributed by atoms with Crippen LogP contribution in [-0.4, -0.2) is 18.6 Å². The van der Waals surface area contributed by atoms with Crippen molar-refractivity contribution in [3.05, 3.63) is 131 Å². The maximum absolute atomic E-state index is 14.6. The molecule has 7 heteroatoms. The quantitative estimate of drug-likeness (QED) is 0.108. The lowest BCUT2D eigenvalue weighted by atomic mass is 9.82. The molecule has 0 spiro atoms. The zero-order valence-corrected chi connectivity index (χ0v) is 23.2. The van der Waals surface area contributed by atoms with Crippen LogP contribution in [-0.2, 0) is 13.1 Å². The Kier molecular flexibility index (Phi) is 6.15. The molecule has 6 aromatic carbocycles. The molecule has 214 valence electrons. The zero-order valence-electron chi connectivity index (χ0n) is 23.2. The van der Waals surface area contributed by atoms with Crippen LogP contribution in [0.5, 0.6) is 0 Å². The second-order valence-corrected chi connectivity index (χ2v) is 11.8. The summed E-state index contributed by atoms with van der Waals surface area (Å²) in [5, 5.41) is 3.36. The van der Waals surface area contributed by atoms with E-state index in [0.717, 1.165) is 68.1 Å². The van der Waals surface area contributed by atoms with Crippen molar-refractivity contribution in [1.82, 2.24) is 0 Å². The Balaban J connectivity index is 1.69. The summed E-state index contributed by atoms with van der Waals surface area (Å²) >= 11 is 0. The number of nitrogens with zero attached hydrogens (tertiary/aromatic N) is 1. The molecule has 0 amide bonds. The summed E-state index contributed by atoms with van der Waals surface area (Å²) in [5.74, 6) is -8.21. The van der Waals surface area contributed by atoms with Crippen molar-refractivity contribution in [2.75, 3.05) is 14.1 Å². The van der Waals surface area contributed by atoms with Gasteiger partial charge in [-0.15, -0.1) is 0 Å². The molecule has 0 saturated heterocycles. The van der Waals surface area contributed by atoms with Crippen LogP contribution in [0.15, 0.2) is 84.9 Å². The number of halogens is 6. The molecule has 1 aliphatic rings. The Morgan fingerprint density at radius 3 is 1.21 bits per heavy atom. The van der Waals surface area contributed by atoms with Gasteiger partial charge in [0, 0.05) is 22.3 Å². The van der Waals surface area contributed by atoms with Crippen molar-refractivity contribution in [3.8, 4) is 33.4 Å². The number of hydrogen-bond donors (Lipinski definition) is 0. The fourth-order valence-corrected chi connectivity index (χ4v) is 6.53. The third kappa shape index (κ3) is 4.38. The molecule has 1 nitrogen and oxygen atoms in total. The van der Waals surface area contributed by atoms with E-state index in [0.29, 0.717) is 28.7 Å². The number of quaternary nitrogens is 1. The first-order chi connectivity index (χ1) is 20.5. The molecule has 0 radical (unpaired) electrons. The lowest BCUT2D eigenvalue weighted by Crippen LogP contribution is -2.37. The summed E-state index contributed by atoms with van der Waals surface area (Å²) in [4.78, 5) is 0. The van der Waals surface area contributed by atoms with E-state index < -0.39 is 34.9 Å². The molecule has 6 aromatic rings. The lowest BCUT2D eigenvalue weighted by Gasteiger charge is -2.30. The summed E-state index contributed by atoms with van der Waals surface area (Å²) < 4.78 is 86.8. The van der Waals surface area contributed by atoms with Crippen LogP contribution in [0.4, 0.5) is 26.3 Å². The minimum absolute atomic E-state index is 0.199. The Labute approximate surface area is 243 Å². The summed E-state index contributed by atoms with van der Waals surface area (Å²) in [7, 11) is 3.99. The minimum Gasteiger partial charge on any atom is -0.321 e. The number of fused-ring (bicyclic) bond motifs is 7. The van der Waals surface area contributed by atoms with Crippen LogP contribution < -0.4 is 0 Å². The van der Waals surface area contributed by atoms with E-state index in [1.807, 2.05) is 74.8 Å². The molecule has 0 aliphatic carbocycles. The third-order valence-electron chi connectivity index (χ3n) is 8.33. The van der Waals surface area contributed by atoms with Gasteiger partial charge >= 0.3 is 0 Å². The van der Waals surface area contributed by atoms with Crippen molar-refractivity contribution in [1.29, 1.82) is 0 Å². The van der Waals surface area contributed by atoms with Gasteiger partial charge in [0.2, 0.25) is 0 Å². The summed E-state index contributed by atoms with van der Waals surface area (Å²) in [6.45, 7) is 0.843. The third-order valence-corrected chi connectivity index (χ3v) is 8.33. The standard InChI is InChI=1S/C36H24F6N/c1-43(2)17-27-25(21-13-29(37)35(41)30(38)14-21)11-19-7-3-5-9-23(19)33(27)34-24-10-6-4-8-20(24)12-26(28(34)18-43)22-15-31(39)36(42)32(40)16-22/h3-16H,17-18H2,1-2H3/q+1. The second kappa shape index (κ2) is 9.71. The predicted octanol–water partition coefficient (Wildman–Crippen LogP) is 9.92. The fraction of sp³-hybridized carbons (Fsp3) is 0.111. The molecule has 0 unspecified atom stereocenters. The topological polar surface area (TPSA) is 0 Å². The highest BCUT2D eigenvalue weighted by Crippen LogP contribution is 2.49. The highest BCUT2D eigenvalue weighted by Gasteiger charge is 2.33. The summed E-state index contributed by atoms with van der Waals surface area (Å²) in [6, 6.07) is 23.0. The van der Waals surface area contributed by atoms with Gasteiger partial charge in [-0.1, -0.05) is 48.5 Å². The van der Waals surface area contributed by atoms with Crippen LogP contribution in [0.25, 0.3) is 54.9 Å². The first kappa shape index (κ1) is 27.2. The van der Waals surface area contributed by atoms with Gasteiger partial charge in [0.05, 0.1) is 14.1 Å².